The van der Waals surface area contributed by atoms with Crippen molar-refractivity contribution in [3.63, 3.8) is 0 Å². The fourth-order valence-corrected chi connectivity index (χ4v) is 2.41. The molecule has 21 heavy (non-hydrogen) atoms. The van der Waals surface area contributed by atoms with Gasteiger partial charge < -0.3 is 10.7 Å². The summed E-state index contributed by atoms with van der Waals surface area (Å²) in [6.45, 7) is 3.69. The molecule has 0 atom stereocenters. The highest BCUT2D eigenvalue weighted by molar-refractivity contribution is 6.02. The number of imidazole rings is 1. The Labute approximate surface area is 121 Å². The standard InChI is InChI=1S/C16H15N3O2/c1-9-5-3-4-6-11(9)15(20)19-14-7-10(2)12(17)8-13(14)18-16(19)21/h3-8H,17H2,1-2H3,(H,18,21). The van der Waals surface area contributed by atoms with E-state index in [9.17, 15) is 9.59 Å². The van der Waals surface area contributed by atoms with E-state index in [4.69, 9.17) is 5.73 Å². The van der Waals surface area contributed by atoms with Gasteiger partial charge in [0.15, 0.2) is 0 Å². The molecule has 0 bridgehead atoms. The molecule has 1 heterocycles. The molecule has 0 saturated heterocycles. The molecule has 0 aliphatic carbocycles. The number of anilines is 1. The maximum atomic E-state index is 12.7. The molecule has 0 fully saturated rings. The Morgan fingerprint density at radius 2 is 1.86 bits per heavy atom. The Kier molecular flexibility index (Phi) is 2.90. The van der Waals surface area contributed by atoms with Gasteiger partial charge in [0, 0.05) is 11.3 Å². The van der Waals surface area contributed by atoms with E-state index >= 15 is 0 Å². The number of H-pyrrole nitrogens is 1. The highest BCUT2D eigenvalue weighted by Gasteiger charge is 2.17. The summed E-state index contributed by atoms with van der Waals surface area (Å²) in [6.07, 6.45) is 0. The van der Waals surface area contributed by atoms with E-state index in [-0.39, 0.29) is 5.91 Å². The van der Waals surface area contributed by atoms with Crippen molar-refractivity contribution in [3.05, 3.63) is 63.6 Å². The van der Waals surface area contributed by atoms with Crippen LogP contribution in [0, 0.1) is 13.8 Å². The smallest absolute Gasteiger partial charge is 0.333 e. The average Bonchev–Trinajstić information content (AvgIpc) is 2.74. The molecule has 0 amide bonds. The zero-order valence-electron chi connectivity index (χ0n) is 11.8. The number of carbonyl (C=O) groups is 1. The second-order valence-corrected chi connectivity index (χ2v) is 5.11. The minimum absolute atomic E-state index is 0.339. The Morgan fingerprint density at radius 1 is 1.14 bits per heavy atom. The number of benzene rings is 2. The maximum Gasteiger partial charge on any atom is 0.333 e. The SMILES string of the molecule is Cc1cc2c(cc1N)[nH]c(=O)n2C(=O)c1ccccc1C. The third kappa shape index (κ3) is 2.03. The van der Waals surface area contributed by atoms with Crippen LogP contribution >= 0.6 is 0 Å². The number of nitrogens with zero attached hydrogens (tertiary/aromatic N) is 1. The molecule has 0 saturated carbocycles. The monoisotopic (exact) mass is 281 g/mol. The van der Waals surface area contributed by atoms with Crippen LogP contribution < -0.4 is 11.4 Å². The zero-order chi connectivity index (χ0) is 15.1. The Bertz CT molecular complexity index is 919. The first-order valence-electron chi connectivity index (χ1n) is 6.60. The Balaban J connectivity index is 2.28. The number of nitrogen functional groups attached to an aromatic ring is 1. The third-order valence-electron chi connectivity index (χ3n) is 3.65. The first-order chi connectivity index (χ1) is 9.99. The van der Waals surface area contributed by atoms with Crippen molar-refractivity contribution in [1.29, 1.82) is 0 Å². The normalized spacial score (nSPS) is 11.0. The van der Waals surface area contributed by atoms with Gasteiger partial charge in [-0.3, -0.25) is 4.79 Å². The highest BCUT2D eigenvalue weighted by atomic mass is 16.2. The van der Waals surface area contributed by atoms with Crippen LogP contribution in [0.4, 0.5) is 5.69 Å². The lowest BCUT2D eigenvalue weighted by atomic mass is 10.1. The maximum absolute atomic E-state index is 12.7. The van der Waals surface area contributed by atoms with Gasteiger partial charge in [-0.2, -0.15) is 0 Å². The highest BCUT2D eigenvalue weighted by Crippen LogP contribution is 2.20. The van der Waals surface area contributed by atoms with Gasteiger partial charge in [0.1, 0.15) is 0 Å². The van der Waals surface area contributed by atoms with Gasteiger partial charge >= 0.3 is 5.69 Å². The number of nitrogens with two attached hydrogens (primary N) is 1. The topological polar surface area (TPSA) is 80.9 Å². The molecular weight excluding hydrogens is 266 g/mol. The molecule has 0 aliphatic rings. The van der Waals surface area contributed by atoms with Gasteiger partial charge in [-0.1, -0.05) is 18.2 Å². The van der Waals surface area contributed by atoms with Crippen molar-refractivity contribution in [3.8, 4) is 0 Å². The van der Waals surface area contributed by atoms with Crippen LogP contribution in [-0.4, -0.2) is 15.5 Å². The zero-order valence-corrected chi connectivity index (χ0v) is 11.8. The quantitative estimate of drug-likeness (QED) is 0.671. The number of hydrogen-bond donors (Lipinski definition) is 2. The van der Waals surface area contributed by atoms with Crippen LogP contribution in [0.15, 0.2) is 41.2 Å². The predicted molar refractivity (Wildman–Crippen MR) is 82.6 cm³/mol. The average molecular weight is 281 g/mol. The van der Waals surface area contributed by atoms with Crippen molar-refractivity contribution < 1.29 is 4.79 Å². The summed E-state index contributed by atoms with van der Waals surface area (Å²) in [5.41, 5.74) is 9.23. The van der Waals surface area contributed by atoms with Crippen molar-refractivity contribution in [2.75, 3.05) is 5.73 Å². The van der Waals surface area contributed by atoms with E-state index in [2.05, 4.69) is 4.98 Å². The van der Waals surface area contributed by atoms with Gasteiger partial charge in [0.25, 0.3) is 5.91 Å². The lowest BCUT2D eigenvalue weighted by molar-refractivity contribution is 0.0960. The number of hydrogen-bond acceptors (Lipinski definition) is 3. The van der Waals surface area contributed by atoms with Crippen LogP contribution in [-0.2, 0) is 0 Å². The van der Waals surface area contributed by atoms with Crippen molar-refractivity contribution in [1.82, 2.24) is 9.55 Å². The van der Waals surface area contributed by atoms with Gasteiger partial charge in [0.2, 0.25) is 0 Å². The Hall–Kier alpha value is -2.82. The summed E-state index contributed by atoms with van der Waals surface area (Å²) < 4.78 is 1.16. The fourth-order valence-electron chi connectivity index (χ4n) is 2.41. The molecule has 2 aromatic carbocycles. The van der Waals surface area contributed by atoms with Crippen LogP contribution in [0.3, 0.4) is 0 Å². The number of aryl methyl sites for hydroxylation is 2. The summed E-state index contributed by atoms with van der Waals surface area (Å²) >= 11 is 0. The van der Waals surface area contributed by atoms with Crippen LogP contribution in [0.1, 0.15) is 21.5 Å². The third-order valence-corrected chi connectivity index (χ3v) is 3.65. The number of aromatic nitrogens is 2. The minimum atomic E-state index is -0.455. The van der Waals surface area contributed by atoms with E-state index in [1.807, 2.05) is 26.0 Å². The molecule has 0 spiro atoms. The summed E-state index contributed by atoms with van der Waals surface area (Å²) in [6, 6.07) is 10.6. The molecule has 3 rings (SSSR count). The Morgan fingerprint density at radius 3 is 2.57 bits per heavy atom. The number of nitrogens with one attached hydrogen (secondary N) is 1. The van der Waals surface area contributed by atoms with Gasteiger partial charge in [-0.15, -0.1) is 0 Å². The molecule has 1 aromatic heterocycles. The van der Waals surface area contributed by atoms with Gasteiger partial charge in [-0.05, 0) is 43.2 Å². The molecule has 3 aromatic rings. The molecule has 0 aliphatic heterocycles. The van der Waals surface area contributed by atoms with E-state index in [1.54, 1.807) is 24.3 Å². The van der Waals surface area contributed by atoms with Crippen LogP contribution in [0.2, 0.25) is 0 Å². The molecule has 3 N–H and O–H groups in total. The number of fused-ring (bicyclic) bond motifs is 1. The summed E-state index contributed by atoms with van der Waals surface area (Å²) in [5, 5.41) is 0. The summed E-state index contributed by atoms with van der Waals surface area (Å²) in [7, 11) is 0. The summed E-state index contributed by atoms with van der Waals surface area (Å²) in [4.78, 5) is 27.5. The fraction of sp³-hybridized carbons (Fsp3) is 0.125. The van der Waals surface area contributed by atoms with E-state index in [1.165, 1.54) is 0 Å². The minimum Gasteiger partial charge on any atom is -0.398 e. The molecule has 0 radical (unpaired) electrons. The van der Waals surface area contributed by atoms with Gasteiger partial charge in [-0.25, -0.2) is 9.36 Å². The lowest BCUT2D eigenvalue weighted by Gasteiger charge is -2.06. The molecular formula is C16H15N3O2. The van der Waals surface area contributed by atoms with Crippen LogP contribution in [0.5, 0.6) is 0 Å². The van der Waals surface area contributed by atoms with E-state index in [0.717, 1.165) is 15.7 Å². The number of aromatic amines is 1. The second-order valence-electron chi connectivity index (χ2n) is 5.11. The van der Waals surface area contributed by atoms with Crippen molar-refractivity contribution in [2.24, 2.45) is 0 Å². The summed E-state index contributed by atoms with van der Waals surface area (Å²) in [5.74, 6) is -0.339. The van der Waals surface area contributed by atoms with Crippen molar-refractivity contribution in [2.45, 2.75) is 13.8 Å². The van der Waals surface area contributed by atoms with Gasteiger partial charge in [0.05, 0.1) is 11.0 Å². The second kappa shape index (κ2) is 4.63. The largest absolute Gasteiger partial charge is 0.398 e. The van der Waals surface area contributed by atoms with E-state index in [0.29, 0.717) is 22.3 Å². The van der Waals surface area contributed by atoms with Crippen molar-refractivity contribution >= 4 is 22.6 Å². The van der Waals surface area contributed by atoms with E-state index < -0.39 is 5.69 Å². The van der Waals surface area contributed by atoms with Crippen LogP contribution in [0.25, 0.3) is 11.0 Å². The number of rotatable bonds is 1. The number of carbonyl (C=O) groups excluding carboxylic acids is 1. The molecule has 0 unspecified atom stereocenters. The molecule has 5 heteroatoms. The molecule has 5 nitrogen and oxygen atoms in total. The first-order valence-corrected chi connectivity index (χ1v) is 6.60. The lowest BCUT2D eigenvalue weighted by Crippen LogP contribution is -2.25. The predicted octanol–water partition coefficient (Wildman–Crippen LogP) is 2.22. The first kappa shape index (κ1) is 13.2. The molecule has 106 valence electrons.